The van der Waals surface area contributed by atoms with E-state index in [0.717, 1.165) is 65.5 Å². The Bertz CT molecular complexity index is 1230. The van der Waals surface area contributed by atoms with Gasteiger partial charge in [0.25, 0.3) is 0 Å². The van der Waals surface area contributed by atoms with Gasteiger partial charge in [-0.25, -0.2) is 9.78 Å². The average Bonchev–Trinajstić information content (AvgIpc) is 2.90. The number of nitrogens with one attached hydrogen (secondary N) is 3. The molecule has 1 heterocycles. The second kappa shape index (κ2) is 12.1. The van der Waals surface area contributed by atoms with Crippen LogP contribution in [0.5, 0.6) is 0 Å². The lowest BCUT2D eigenvalue weighted by atomic mass is 9.86. The third kappa shape index (κ3) is 6.79. The number of anilines is 2. The number of benzene rings is 2. The van der Waals surface area contributed by atoms with Crippen LogP contribution in [0, 0.1) is 5.92 Å². The maximum atomic E-state index is 12.7. The van der Waals surface area contributed by atoms with Gasteiger partial charge in [-0.1, -0.05) is 49.4 Å². The maximum Gasteiger partial charge on any atom is 0.315 e. The number of aromatic nitrogens is 2. The zero-order valence-electron chi connectivity index (χ0n) is 22.6. The zero-order valence-corrected chi connectivity index (χ0v) is 22.6. The first-order chi connectivity index (χ1) is 17.8. The van der Waals surface area contributed by atoms with Crippen molar-refractivity contribution < 1.29 is 4.79 Å². The minimum atomic E-state index is -0.103. The van der Waals surface area contributed by atoms with E-state index in [9.17, 15) is 4.79 Å². The number of para-hydroxylation sites is 1. The van der Waals surface area contributed by atoms with Crippen molar-refractivity contribution in [2.45, 2.75) is 58.0 Å². The predicted octanol–water partition coefficient (Wildman–Crippen LogP) is 6.15. The smallest absolute Gasteiger partial charge is 0.315 e. The van der Waals surface area contributed by atoms with Gasteiger partial charge in [0.1, 0.15) is 5.82 Å². The molecule has 0 spiro atoms. The van der Waals surface area contributed by atoms with Gasteiger partial charge in [0.05, 0.1) is 11.6 Å². The first kappa shape index (κ1) is 26.5. The minimum Gasteiger partial charge on any atom is -0.362 e. The highest BCUT2D eigenvalue weighted by Crippen LogP contribution is 2.28. The molecule has 1 saturated carbocycles. The van der Waals surface area contributed by atoms with Gasteiger partial charge in [-0.2, -0.15) is 4.98 Å². The second-order valence-electron chi connectivity index (χ2n) is 10.4. The minimum absolute atomic E-state index is 0.0201. The van der Waals surface area contributed by atoms with Gasteiger partial charge >= 0.3 is 6.03 Å². The molecule has 2 aromatic carbocycles. The fourth-order valence-electron chi connectivity index (χ4n) is 5.05. The van der Waals surface area contributed by atoms with Gasteiger partial charge in [-0.15, -0.1) is 0 Å². The van der Waals surface area contributed by atoms with Crippen LogP contribution in [-0.2, 0) is 0 Å². The Balaban J connectivity index is 1.26. The molecule has 1 unspecified atom stereocenters. The van der Waals surface area contributed by atoms with Gasteiger partial charge in [-0.3, -0.25) is 0 Å². The SMILES string of the molecule is C=C(C)c1cccc(C(CC)NC(=O)NCC2CCC(Nc3nc(N(C)C)c4ccccc4n3)CC2)c1. The lowest BCUT2D eigenvalue weighted by Gasteiger charge is -2.29. The Labute approximate surface area is 220 Å². The largest absolute Gasteiger partial charge is 0.362 e. The van der Waals surface area contributed by atoms with E-state index in [1.165, 1.54) is 0 Å². The van der Waals surface area contributed by atoms with Gasteiger partial charge in [0.15, 0.2) is 0 Å². The van der Waals surface area contributed by atoms with Gasteiger partial charge in [0.2, 0.25) is 5.95 Å². The summed E-state index contributed by atoms with van der Waals surface area (Å²) in [6.07, 6.45) is 5.02. The highest BCUT2D eigenvalue weighted by Gasteiger charge is 2.23. The topological polar surface area (TPSA) is 82.2 Å². The molecular weight excluding hydrogens is 460 g/mol. The van der Waals surface area contributed by atoms with Crippen LogP contribution in [0.25, 0.3) is 16.5 Å². The number of urea groups is 1. The Morgan fingerprint density at radius 1 is 1.08 bits per heavy atom. The molecule has 0 saturated heterocycles. The Morgan fingerprint density at radius 2 is 1.84 bits per heavy atom. The van der Waals surface area contributed by atoms with E-state index in [1.807, 2.05) is 50.2 Å². The van der Waals surface area contributed by atoms with E-state index in [4.69, 9.17) is 9.97 Å². The molecule has 3 N–H and O–H groups in total. The van der Waals surface area contributed by atoms with Crippen LogP contribution in [0.15, 0.2) is 55.1 Å². The maximum absolute atomic E-state index is 12.7. The zero-order chi connectivity index (χ0) is 26.4. The summed E-state index contributed by atoms with van der Waals surface area (Å²) in [5.74, 6) is 2.09. The number of rotatable bonds is 9. The van der Waals surface area contributed by atoms with Crippen LogP contribution in [0.1, 0.15) is 63.1 Å². The summed E-state index contributed by atoms with van der Waals surface area (Å²) in [5.41, 5.74) is 4.19. The molecule has 7 heteroatoms. The van der Waals surface area contributed by atoms with Crippen LogP contribution < -0.4 is 20.9 Å². The third-order valence-corrected chi connectivity index (χ3v) is 7.23. The molecule has 1 atom stereocenters. The Morgan fingerprint density at radius 3 is 2.54 bits per heavy atom. The first-order valence-corrected chi connectivity index (χ1v) is 13.3. The van der Waals surface area contributed by atoms with Gasteiger partial charge in [0, 0.05) is 32.1 Å². The summed E-state index contributed by atoms with van der Waals surface area (Å²) in [4.78, 5) is 24.2. The number of hydrogen-bond donors (Lipinski definition) is 3. The predicted molar refractivity (Wildman–Crippen MR) is 154 cm³/mol. The molecule has 7 nitrogen and oxygen atoms in total. The molecular formula is C30H40N6O. The van der Waals surface area contributed by atoms with E-state index < -0.39 is 0 Å². The molecule has 37 heavy (non-hydrogen) atoms. The molecule has 0 radical (unpaired) electrons. The monoisotopic (exact) mass is 500 g/mol. The highest BCUT2D eigenvalue weighted by molar-refractivity contribution is 5.90. The number of fused-ring (bicyclic) bond motifs is 1. The second-order valence-corrected chi connectivity index (χ2v) is 10.4. The van der Waals surface area contributed by atoms with Crippen LogP contribution in [0.2, 0.25) is 0 Å². The highest BCUT2D eigenvalue weighted by atomic mass is 16.2. The molecule has 0 aliphatic heterocycles. The first-order valence-electron chi connectivity index (χ1n) is 13.3. The quantitative estimate of drug-likeness (QED) is 0.328. The van der Waals surface area contributed by atoms with Crippen molar-refractivity contribution in [3.63, 3.8) is 0 Å². The summed E-state index contributed by atoms with van der Waals surface area (Å²) in [7, 11) is 4.02. The number of nitrogens with zero attached hydrogens (tertiary/aromatic N) is 3. The summed E-state index contributed by atoms with van der Waals surface area (Å²) in [6.45, 7) is 8.82. The number of carbonyl (C=O) groups is 1. The molecule has 1 aromatic heterocycles. The lowest BCUT2D eigenvalue weighted by Crippen LogP contribution is -2.41. The van der Waals surface area contributed by atoms with Crippen molar-refractivity contribution >= 4 is 34.3 Å². The summed E-state index contributed by atoms with van der Waals surface area (Å²) < 4.78 is 0. The molecule has 196 valence electrons. The van der Waals surface area contributed by atoms with Crippen LogP contribution in [-0.4, -0.2) is 42.7 Å². The number of carbonyl (C=O) groups excluding carboxylic acids is 1. The van der Waals surface area contributed by atoms with Crippen molar-refractivity contribution in [2.24, 2.45) is 5.92 Å². The van der Waals surface area contributed by atoms with Crippen molar-refractivity contribution in [3.8, 4) is 0 Å². The summed E-state index contributed by atoms with van der Waals surface area (Å²) in [6, 6.07) is 16.6. The average molecular weight is 501 g/mol. The molecule has 1 fully saturated rings. The Kier molecular flexibility index (Phi) is 8.64. The third-order valence-electron chi connectivity index (χ3n) is 7.23. The fraction of sp³-hybridized carbons (Fsp3) is 0.433. The van der Waals surface area contributed by atoms with E-state index in [2.05, 4.69) is 53.7 Å². The standard InChI is InChI=1S/C30H40N6O/c1-6-26(23-11-9-10-22(18-23)20(2)3)34-30(37)31-19-21-14-16-24(17-15-21)32-29-33-27-13-8-7-12-25(27)28(35-29)36(4)5/h7-13,18,21,24,26H,2,6,14-17,19H2,1,3-5H3,(H2,31,34,37)(H,32,33,35). The molecule has 1 aliphatic rings. The summed E-state index contributed by atoms with van der Waals surface area (Å²) >= 11 is 0. The normalized spacial score (nSPS) is 18.2. The van der Waals surface area contributed by atoms with Crippen molar-refractivity contribution in [1.82, 2.24) is 20.6 Å². The van der Waals surface area contributed by atoms with Crippen molar-refractivity contribution in [1.29, 1.82) is 0 Å². The van der Waals surface area contributed by atoms with Gasteiger partial charge < -0.3 is 20.9 Å². The van der Waals surface area contributed by atoms with Crippen molar-refractivity contribution in [2.75, 3.05) is 30.9 Å². The molecule has 3 aromatic rings. The van der Waals surface area contributed by atoms with E-state index in [1.54, 1.807) is 0 Å². The van der Waals surface area contributed by atoms with Crippen molar-refractivity contribution in [3.05, 3.63) is 66.2 Å². The molecule has 4 rings (SSSR count). The summed E-state index contributed by atoms with van der Waals surface area (Å²) in [5, 5.41) is 10.9. The number of amides is 2. The Hall–Kier alpha value is -3.61. The van der Waals surface area contributed by atoms with Crippen LogP contribution >= 0.6 is 0 Å². The van der Waals surface area contributed by atoms with Crippen LogP contribution in [0.4, 0.5) is 16.6 Å². The van der Waals surface area contributed by atoms with E-state index in [-0.39, 0.29) is 12.1 Å². The van der Waals surface area contributed by atoms with E-state index >= 15 is 0 Å². The lowest BCUT2D eigenvalue weighted by molar-refractivity contribution is 0.231. The van der Waals surface area contributed by atoms with Gasteiger partial charge in [-0.05, 0) is 74.3 Å². The fourth-order valence-corrected chi connectivity index (χ4v) is 5.05. The molecule has 1 aliphatic carbocycles. The number of hydrogen-bond acceptors (Lipinski definition) is 5. The van der Waals surface area contributed by atoms with E-state index in [0.29, 0.717) is 24.5 Å². The van der Waals surface area contributed by atoms with Crippen LogP contribution in [0.3, 0.4) is 0 Å². The number of allylic oxidation sites excluding steroid dienone is 1. The molecule has 2 amide bonds. The molecule has 0 bridgehead atoms.